The Bertz CT molecular complexity index is 696. The number of aromatic hydroxyl groups is 1. The lowest BCUT2D eigenvalue weighted by molar-refractivity contribution is -0.119. The zero-order valence-corrected chi connectivity index (χ0v) is 12.6. The van der Waals surface area contributed by atoms with E-state index < -0.39 is 0 Å². The van der Waals surface area contributed by atoms with Crippen molar-refractivity contribution in [3.63, 3.8) is 0 Å². The molecule has 0 aliphatic heterocycles. The first-order valence-electron chi connectivity index (χ1n) is 6.99. The van der Waals surface area contributed by atoms with E-state index in [0.717, 1.165) is 11.3 Å². The first-order chi connectivity index (χ1) is 10.6. The molecule has 0 saturated carbocycles. The van der Waals surface area contributed by atoms with Gasteiger partial charge in [-0.1, -0.05) is 30.3 Å². The van der Waals surface area contributed by atoms with Crippen molar-refractivity contribution in [1.82, 2.24) is 5.43 Å². The van der Waals surface area contributed by atoms with Gasteiger partial charge in [0, 0.05) is 11.3 Å². The second-order valence-electron chi connectivity index (χ2n) is 4.92. The van der Waals surface area contributed by atoms with Gasteiger partial charge in [0.05, 0.1) is 12.3 Å². The van der Waals surface area contributed by atoms with Crippen LogP contribution in [0.5, 0.6) is 5.75 Å². The molecule has 0 unspecified atom stereocenters. The van der Waals surface area contributed by atoms with Crippen LogP contribution in [0.15, 0.2) is 53.6 Å². The summed E-state index contributed by atoms with van der Waals surface area (Å²) in [4.78, 5) is 11.8. The largest absolute Gasteiger partial charge is 0.507 e. The normalized spacial score (nSPS) is 11.1. The number of hydrogen-bond acceptors (Lipinski definition) is 4. The summed E-state index contributed by atoms with van der Waals surface area (Å²) in [6.45, 7) is 3.83. The number of hydrazone groups is 1. The fourth-order valence-electron chi connectivity index (χ4n) is 1.97. The Morgan fingerprint density at radius 2 is 1.82 bits per heavy atom. The summed E-state index contributed by atoms with van der Waals surface area (Å²) in [5.41, 5.74) is 5.60. The van der Waals surface area contributed by atoms with Crippen LogP contribution in [0, 0.1) is 6.92 Å². The van der Waals surface area contributed by atoms with Gasteiger partial charge in [-0.25, -0.2) is 5.43 Å². The molecule has 0 aromatic heterocycles. The van der Waals surface area contributed by atoms with Crippen LogP contribution in [-0.2, 0) is 4.79 Å². The van der Waals surface area contributed by atoms with Gasteiger partial charge >= 0.3 is 0 Å². The number of aryl methyl sites for hydroxylation is 1. The summed E-state index contributed by atoms with van der Waals surface area (Å²) in [6, 6.07) is 14.6. The lowest BCUT2D eigenvalue weighted by atomic mass is 10.1. The Morgan fingerprint density at radius 1 is 1.14 bits per heavy atom. The highest BCUT2D eigenvalue weighted by Crippen LogP contribution is 2.16. The highest BCUT2D eigenvalue weighted by molar-refractivity contribution is 6.01. The van der Waals surface area contributed by atoms with Gasteiger partial charge in [0.15, 0.2) is 0 Å². The van der Waals surface area contributed by atoms with E-state index >= 15 is 0 Å². The van der Waals surface area contributed by atoms with Crippen molar-refractivity contribution in [3.8, 4) is 5.75 Å². The maximum Gasteiger partial charge on any atom is 0.259 e. The Balaban J connectivity index is 1.91. The minimum Gasteiger partial charge on any atom is -0.507 e. The van der Waals surface area contributed by atoms with Crippen LogP contribution in [0.2, 0.25) is 0 Å². The molecule has 0 heterocycles. The monoisotopic (exact) mass is 297 g/mol. The quantitative estimate of drug-likeness (QED) is 0.587. The van der Waals surface area contributed by atoms with Gasteiger partial charge in [0.2, 0.25) is 0 Å². The molecule has 114 valence electrons. The molecule has 1 amide bonds. The molecule has 22 heavy (non-hydrogen) atoms. The number of benzene rings is 2. The number of amides is 1. The minimum absolute atomic E-state index is 0.127. The molecule has 0 fully saturated rings. The molecule has 0 aliphatic rings. The molecular weight excluding hydrogens is 278 g/mol. The van der Waals surface area contributed by atoms with E-state index in [1.165, 1.54) is 0 Å². The molecule has 2 rings (SSSR count). The number of phenolic OH excluding ortho intramolecular Hbond substituents is 1. The number of hydrogen-bond donors (Lipinski definition) is 3. The second-order valence-corrected chi connectivity index (χ2v) is 4.92. The van der Waals surface area contributed by atoms with E-state index in [4.69, 9.17) is 0 Å². The number of carbonyl (C=O) groups excluding carboxylic acids is 1. The number of nitrogens with zero attached hydrogens (tertiary/aromatic N) is 1. The first-order valence-corrected chi connectivity index (χ1v) is 6.99. The summed E-state index contributed by atoms with van der Waals surface area (Å²) >= 11 is 0. The van der Waals surface area contributed by atoms with Gasteiger partial charge in [-0.05, 0) is 37.6 Å². The number of carbonyl (C=O) groups is 1. The fraction of sp³-hybridized carbons (Fsp3) is 0.176. The van der Waals surface area contributed by atoms with Crippen LogP contribution in [0.25, 0.3) is 0 Å². The molecule has 0 aliphatic carbocycles. The van der Waals surface area contributed by atoms with E-state index in [1.807, 2.05) is 31.2 Å². The average molecular weight is 297 g/mol. The minimum atomic E-state index is -0.252. The molecule has 0 radical (unpaired) electrons. The van der Waals surface area contributed by atoms with E-state index in [-0.39, 0.29) is 18.2 Å². The van der Waals surface area contributed by atoms with E-state index in [1.54, 1.807) is 31.2 Å². The smallest absolute Gasteiger partial charge is 0.259 e. The third-order valence-corrected chi connectivity index (χ3v) is 3.23. The van der Waals surface area contributed by atoms with E-state index in [0.29, 0.717) is 11.3 Å². The van der Waals surface area contributed by atoms with Gasteiger partial charge in [0.25, 0.3) is 5.91 Å². The van der Waals surface area contributed by atoms with Gasteiger partial charge in [-0.3, -0.25) is 4.79 Å². The topological polar surface area (TPSA) is 73.7 Å². The van der Waals surface area contributed by atoms with Crippen molar-refractivity contribution < 1.29 is 9.90 Å². The van der Waals surface area contributed by atoms with Crippen LogP contribution < -0.4 is 10.7 Å². The van der Waals surface area contributed by atoms with Gasteiger partial charge < -0.3 is 10.4 Å². The molecule has 0 saturated heterocycles. The third kappa shape index (κ3) is 4.09. The molecule has 5 nitrogen and oxygen atoms in total. The maximum absolute atomic E-state index is 11.8. The number of para-hydroxylation sites is 2. The predicted molar refractivity (Wildman–Crippen MR) is 88.1 cm³/mol. The first kappa shape index (κ1) is 15.6. The maximum atomic E-state index is 11.8. The van der Waals surface area contributed by atoms with Crippen LogP contribution in [0.4, 0.5) is 5.69 Å². The molecule has 0 atom stereocenters. The fourth-order valence-corrected chi connectivity index (χ4v) is 1.97. The Kier molecular flexibility index (Phi) is 5.14. The Hall–Kier alpha value is -2.82. The number of anilines is 1. The highest BCUT2D eigenvalue weighted by atomic mass is 16.3. The summed E-state index contributed by atoms with van der Waals surface area (Å²) < 4.78 is 0. The lowest BCUT2D eigenvalue weighted by Gasteiger charge is -2.08. The summed E-state index contributed by atoms with van der Waals surface area (Å²) in [5, 5.41) is 16.8. The average Bonchev–Trinajstić information content (AvgIpc) is 2.52. The Morgan fingerprint density at radius 3 is 2.55 bits per heavy atom. The number of rotatable bonds is 5. The van der Waals surface area contributed by atoms with Crippen LogP contribution >= 0.6 is 0 Å². The van der Waals surface area contributed by atoms with Gasteiger partial charge in [-0.15, -0.1) is 0 Å². The molecule has 3 N–H and O–H groups in total. The van der Waals surface area contributed by atoms with Crippen LogP contribution in [0.1, 0.15) is 18.1 Å². The Labute approximate surface area is 129 Å². The van der Waals surface area contributed by atoms with Crippen molar-refractivity contribution in [2.24, 2.45) is 5.10 Å². The highest BCUT2D eigenvalue weighted by Gasteiger charge is 2.05. The summed E-state index contributed by atoms with van der Waals surface area (Å²) in [5.74, 6) is -0.117. The molecular formula is C17H19N3O2. The van der Waals surface area contributed by atoms with Crippen molar-refractivity contribution in [2.75, 3.05) is 11.9 Å². The lowest BCUT2D eigenvalue weighted by Crippen LogP contribution is -2.27. The second kappa shape index (κ2) is 7.26. The van der Waals surface area contributed by atoms with Crippen molar-refractivity contribution in [1.29, 1.82) is 0 Å². The standard InChI is InChI=1S/C17H19N3O2/c1-12-7-3-5-9-15(12)18-11-17(22)20-19-13(2)14-8-4-6-10-16(14)21/h3-10,18,21H,11H2,1-2H3,(H,20,22)/b19-13+. The van der Waals surface area contributed by atoms with Crippen LogP contribution in [0.3, 0.4) is 0 Å². The van der Waals surface area contributed by atoms with Gasteiger partial charge in [-0.2, -0.15) is 5.10 Å². The van der Waals surface area contributed by atoms with Gasteiger partial charge in [0.1, 0.15) is 5.75 Å². The van der Waals surface area contributed by atoms with Crippen LogP contribution in [-0.4, -0.2) is 23.3 Å². The zero-order valence-electron chi connectivity index (χ0n) is 12.6. The third-order valence-electron chi connectivity index (χ3n) is 3.23. The molecule has 2 aromatic carbocycles. The number of nitrogens with one attached hydrogen (secondary N) is 2. The summed E-state index contributed by atoms with van der Waals surface area (Å²) in [6.07, 6.45) is 0. The number of phenols is 1. The van der Waals surface area contributed by atoms with E-state index in [9.17, 15) is 9.90 Å². The van der Waals surface area contributed by atoms with E-state index in [2.05, 4.69) is 15.8 Å². The molecule has 0 spiro atoms. The van der Waals surface area contributed by atoms with Crippen molar-refractivity contribution >= 4 is 17.3 Å². The van der Waals surface area contributed by atoms with Crippen molar-refractivity contribution in [2.45, 2.75) is 13.8 Å². The van der Waals surface area contributed by atoms with Crippen molar-refractivity contribution in [3.05, 3.63) is 59.7 Å². The molecule has 5 heteroatoms. The SMILES string of the molecule is C/C(=N\NC(=O)CNc1ccccc1C)c1ccccc1O. The predicted octanol–water partition coefficient (Wildman–Crippen LogP) is 2.65. The molecule has 0 bridgehead atoms. The molecule has 2 aromatic rings. The summed E-state index contributed by atoms with van der Waals surface area (Å²) in [7, 11) is 0. The zero-order chi connectivity index (χ0) is 15.9.